The maximum atomic E-state index is 14.4. The second-order valence-electron chi connectivity index (χ2n) is 14.8. The van der Waals surface area contributed by atoms with Gasteiger partial charge in [-0.25, -0.2) is 28.8 Å². The van der Waals surface area contributed by atoms with Crippen LogP contribution in [0.15, 0.2) is 50.6 Å². The van der Waals surface area contributed by atoms with Crippen molar-refractivity contribution in [3.63, 3.8) is 0 Å². The first-order chi connectivity index (χ1) is 30.7. The van der Waals surface area contributed by atoms with Gasteiger partial charge >= 0.3 is 59.7 Å². The minimum Gasteiger partial charge on any atom is -0.462 e. The van der Waals surface area contributed by atoms with Crippen molar-refractivity contribution in [3.8, 4) is 0 Å². The Morgan fingerprint density at radius 1 is 0.375 bits per heavy atom. The molecule has 20 nitrogen and oxygen atoms in total. The van der Waals surface area contributed by atoms with Gasteiger partial charge in [0, 0.05) is 24.3 Å². The molecular weight excluding hydrogens is 848 g/mol. The molecule has 6 atom stereocenters. The molecule has 3 saturated carbocycles. The Bertz CT molecular complexity index is 1640. The van der Waals surface area contributed by atoms with E-state index in [0.29, 0.717) is 25.7 Å². The summed E-state index contributed by atoms with van der Waals surface area (Å²) in [6.45, 7) is 9.87. The zero-order chi connectivity index (χ0) is 47.1. The molecule has 0 aromatic rings. The summed E-state index contributed by atoms with van der Waals surface area (Å²) < 4.78 is 53.2. The minimum atomic E-state index is -2.28. The monoisotopic (exact) mass is 904 g/mol. The van der Waals surface area contributed by atoms with Gasteiger partial charge < -0.3 is 47.4 Å². The van der Waals surface area contributed by atoms with Crippen molar-refractivity contribution in [2.45, 2.75) is 88.3 Å². The molecule has 0 heterocycles. The molecule has 0 aromatic carbocycles. The van der Waals surface area contributed by atoms with Crippen LogP contribution in [0.25, 0.3) is 0 Å². The summed E-state index contributed by atoms with van der Waals surface area (Å²) in [6.07, 6.45) is 5.56. The van der Waals surface area contributed by atoms with Crippen molar-refractivity contribution in [2.24, 2.45) is 23.7 Å². The van der Waals surface area contributed by atoms with Crippen molar-refractivity contribution in [1.29, 1.82) is 0 Å². The number of ether oxygens (including phenoxy) is 10. The molecule has 20 heteroatoms. The van der Waals surface area contributed by atoms with Crippen LogP contribution in [0.4, 0.5) is 0 Å². The Kier molecular flexibility index (Phi) is 21.4. The number of hydrogen-bond donors (Lipinski definition) is 0. The molecule has 0 aliphatic heterocycles. The van der Waals surface area contributed by atoms with Gasteiger partial charge in [-0.2, -0.15) is 0 Å². The molecule has 0 bridgehead atoms. The van der Waals surface area contributed by atoms with E-state index in [-0.39, 0.29) is 64.6 Å². The molecule has 0 N–H and O–H groups in total. The lowest BCUT2D eigenvalue weighted by Gasteiger charge is -2.42. The van der Waals surface area contributed by atoms with E-state index in [9.17, 15) is 47.9 Å². The lowest BCUT2D eigenvalue weighted by atomic mass is 9.73. The second kappa shape index (κ2) is 26.3. The predicted molar refractivity (Wildman–Crippen MR) is 215 cm³/mol. The number of esters is 10. The molecule has 0 saturated heterocycles. The molecule has 0 aromatic heterocycles. The lowest BCUT2D eigenvalue weighted by molar-refractivity contribution is -0.210. The summed E-state index contributed by atoms with van der Waals surface area (Å²) in [4.78, 5) is 130. The van der Waals surface area contributed by atoms with Gasteiger partial charge in [0.2, 0.25) is 11.2 Å². The fourth-order valence-electron chi connectivity index (χ4n) is 7.73. The molecule has 3 aliphatic rings. The van der Waals surface area contributed by atoms with Crippen LogP contribution in [0.2, 0.25) is 0 Å². The SMILES string of the molecule is C=CC(=O)OCCOC(=O)C1CCCCC1(OC(=O)C1CCCCC1C(=O)OC1(C(=O)OCCOC(=O)C=C)CCCCC1C(=O)OCCOC(=O)C=C)C(=O)OCCOC(=O)C=C. The fourth-order valence-corrected chi connectivity index (χ4v) is 7.73. The van der Waals surface area contributed by atoms with E-state index < -0.39 is 134 Å². The summed E-state index contributed by atoms with van der Waals surface area (Å²) in [5.41, 5.74) is -4.56. The topological polar surface area (TPSA) is 263 Å². The van der Waals surface area contributed by atoms with Crippen molar-refractivity contribution in [3.05, 3.63) is 50.6 Å². The molecular formula is C44H56O20. The summed E-state index contributed by atoms with van der Waals surface area (Å²) in [7, 11) is 0. The lowest BCUT2D eigenvalue weighted by Crippen LogP contribution is -2.58. The first-order valence-corrected chi connectivity index (χ1v) is 21.0. The molecule has 3 rings (SSSR count). The number of carbonyl (C=O) groups is 10. The standard InChI is InChI=1S/C44H56O20/c1-5-33(45)55-21-25-59-39(51)31-17-11-13-19-43(31,41(53)61-27-23-57-35(47)7-3)63-37(49)29-15-9-10-16-30(29)38(50)64-44(42(54)62-28-24-58-36(48)8-4)20-14-12-18-32(44)40(52)60-26-22-56-34(46)6-2/h5-8,29-32H,1-4,9-28H2. The number of carbonyl (C=O) groups excluding carboxylic acids is 10. The van der Waals surface area contributed by atoms with Gasteiger partial charge in [0.15, 0.2) is 0 Å². The smallest absolute Gasteiger partial charge is 0.351 e. The molecule has 0 amide bonds. The van der Waals surface area contributed by atoms with E-state index in [2.05, 4.69) is 26.3 Å². The van der Waals surface area contributed by atoms with Gasteiger partial charge in [0.1, 0.15) is 64.7 Å². The first-order valence-electron chi connectivity index (χ1n) is 21.0. The Morgan fingerprint density at radius 2 is 0.656 bits per heavy atom. The third-order valence-electron chi connectivity index (χ3n) is 10.8. The highest BCUT2D eigenvalue weighted by Crippen LogP contribution is 2.44. The van der Waals surface area contributed by atoms with Gasteiger partial charge in [-0.15, -0.1) is 0 Å². The zero-order valence-electron chi connectivity index (χ0n) is 35.8. The highest BCUT2D eigenvalue weighted by atomic mass is 16.6. The number of rotatable bonds is 24. The summed E-state index contributed by atoms with van der Waals surface area (Å²) in [5.74, 6) is -14.9. The van der Waals surface area contributed by atoms with E-state index >= 15 is 0 Å². The average molecular weight is 905 g/mol. The Balaban J connectivity index is 1.94. The third-order valence-corrected chi connectivity index (χ3v) is 10.8. The first kappa shape index (κ1) is 52.0. The van der Waals surface area contributed by atoms with Gasteiger partial charge in [0.05, 0.1) is 11.8 Å². The van der Waals surface area contributed by atoms with Crippen LogP contribution in [0, 0.1) is 23.7 Å². The van der Waals surface area contributed by atoms with Gasteiger partial charge in [0.25, 0.3) is 0 Å². The Labute approximate surface area is 369 Å². The quantitative estimate of drug-likeness (QED) is 0.0583. The van der Waals surface area contributed by atoms with Crippen LogP contribution in [-0.4, -0.2) is 124 Å². The van der Waals surface area contributed by atoms with E-state index in [1.807, 2.05) is 0 Å². The van der Waals surface area contributed by atoms with E-state index in [1.54, 1.807) is 0 Å². The van der Waals surface area contributed by atoms with Crippen LogP contribution in [0.5, 0.6) is 0 Å². The molecule has 6 unspecified atom stereocenters. The van der Waals surface area contributed by atoms with Crippen molar-refractivity contribution in [1.82, 2.24) is 0 Å². The fraction of sp³-hybridized carbons (Fsp3) is 0.591. The highest BCUT2D eigenvalue weighted by molar-refractivity contribution is 5.93. The van der Waals surface area contributed by atoms with Crippen LogP contribution in [0.3, 0.4) is 0 Å². The van der Waals surface area contributed by atoms with Crippen LogP contribution < -0.4 is 0 Å². The molecule has 352 valence electrons. The summed E-state index contributed by atoms with van der Waals surface area (Å²) in [5, 5.41) is 0. The highest BCUT2D eigenvalue weighted by Gasteiger charge is 2.59. The van der Waals surface area contributed by atoms with E-state index in [4.69, 9.17) is 47.4 Å². The third kappa shape index (κ3) is 14.6. The van der Waals surface area contributed by atoms with Gasteiger partial charge in [-0.1, -0.05) is 52.0 Å². The van der Waals surface area contributed by atoms with Gasteiger partial charge in [-0.3, -0.25) is 19.2 Å². The maximum absolute atomic E-state index is 14.4. The van der Waals surface area contributed by atoms with E-state index in [1.165, 1.54) is 0 Å². The van der Waals surface area contributed by atoms with Crippen molar-refractivity contribution < 1.29 is 95.3 Å². The maximum Gasteiger partial charge on any atom is 0.351 e. The normalized spacial score (nSPS) is 23.8. The molecule has 64 heavy (non-hydrogen) atoms. The van der Waals surface area contributed by atoms with E-state index in [0.717, 1.165) is 24.3 Å². The summed E-state index contributed by atoms with van der Waals surface area (Å²) in [6, 6.07) is 0. The predicted octanol–water partition coefficient (Wildman–Crippen LogP) is 2.83. The number of hydrogen-bond acceptors (Lipinski definition) is 20. The van der Waals surface area contributed by atoms with Crippen LogP contribution in [-0.2, 0) is 95.3 Å². The Hall–Kier alpha value is -6.34. The zero-order valence-corrected chi connectivity index (χ0v) is 35.8. The molecule has 0 radical (unpaired) electrons. The largest absolute Gasteiger partial charge is 0.462 e. The van der Waals surface area contributed by atoms with Crippen LogP contribution >= 0.6 is 0 Å². The Morgan fingerprint density at radius 3 is 0.969 bits per heavy atom. The average Bonchev–Trinajstić information content (AvgIpc) is 3.31. The second-order valence-corrected chi connectivity index (χ2v) is 14.8. The van der Waals surface area contributed by atoms with Crippen molar-refractivity contribution >= 4 is 59.7 Å². The summed E-state index contributed by atoms with van der Waals surface area (Å²) >= 11 is 0. The molecule has 3 fully saturated rings. The van der Waals surface area contributed by atoms with Crippen LogP contribution in [0.1, 0.15) is 77.0 Å². The molecule has 3 aliphatic carbocycles. The minimum absolute atomic E-state index is 0.000837. The van der Waals surface area contributed by atoms with Crippen molar-refractivity contribution in [2.75, 3.05) is 52.9 Å². The molecule has 0 spiro atoms. The van der Waals surface area contributed by atoms with Gasteiger partial charge in [-0.05, 0) is 51.4 Å².